The van der Waals surface area contributed by atoms with Crippen molar-refractivity contribution in [1.29, 1.82) is 0 Å². The van der Waals surface area contributed by atoms with Gasteiger partial charge in [0.25, 0.3) is 10.0 Å². The van der Waals surface area contributed by atoms with Crippen LogP contribution in [0.4, 0.5) is 0 Å². The van der Waals surface area contributed by atoms with Crippen LogP contribution in [0.5, 0.6) is 0 Å². The lowest BCUT2D eigenvalue weighted by molar-refractivity contribution is 0.242. The van der Waals surface area contributed by atoms with Gasteiger partial charge in [0.2, 0.25) is 0 Å². The monoisotopic (exact) mass is 186 g/mol. The zero-order valence-electron chi connectivity index (χ0n) is 6.40. The van der Waals surface area contributed by atoms with Gasteiger partial charge in [-0.2, -0.15) is 0 Å². The largest absolute Gasteiger partial charge is 0.302 e. The predicted octanol–water partition coefficient (Wildman–Crippen LogP) is 0.463. The summed E-state index contributed by atoms with van der Waals surface area (Å²) in [4.78, 5) is 1.27. The Morgan fingerprint density at radius 3 is 2.75 bits per heavy atom. The van der Waals surface area contributed by atoms with Gasteiger partial charge in [-0.25, -0.2) is 8.42 Å². The summed E-state index contributed by atoms with van der Waals surface area (Å²) < 4.78 is 22.0. The molecule has 1 aromatic rings. The zero-order valence-corrected chi connectivity index (χ0v) is 7.22. The maximum absolute atomic E-state index is 11.0. The standard InChI is InChI=1S/C7H8NO3S/c1-6-3-2-4-7(5-6)12(10,11)8-9/h2,4-5,8-9H,1H3. The van der Waals surface area contributed by atoms with E-state index < -0.39 is 10.0 Å². The number of rotatable bonds is 2. The molecule has 1 radical (unpaired) electrons. The second-order valence-electron chi connectivity index (χ2n) is 2.30. The quantitative estimate of drug-likeness (QED) is 0.659. The normalized spacial score (nSPS) is 11.5. The molecule has 0 spiro atoms. The molecule has 0 aliphatic carbocycles. The average molecular weight is 186 g/mol. The molecule has 0 saturated heterocycles. The van der Waals surface area contributed by atoms with E-state index in [2.05, 4.69) is 6.07 Å². The highest BCUT2D eigenvalue weighted by molar-refractivity contribution is 7.89. The predicted molar refractivity (Wildman–Crippen MR) is 42.1 cm³/mol. The molecule has 0 aliphatic rings. The Morgan fingerprint density at radius 2 is 2.25 bits per heavy atom. The molecule has 65 valence electrons. The molecule has 0 amide bonds. The minimum Gasteiger partial charge on any atom is -0.302 e. The van der Waals surface area contributed by atoms with Gasteiger partial charge in [0, 0.05) is 0 Å². The van der Waals surface area contributed by atoms with Crippen LogP contribution < -0.4 is 4.89 Å². The topological polar surface area (TPSA) is 66.4 Å². The smallest absolute Gasteiger partial charge is 0.262 e. The summed E-state index contributed by atoms with van der Waals surface area (Å²) in [5, 5.41) is 8.29. The summed E-state index contributed by atoms with van der Waals surface area (Å²) in [5.74, 6) is 0. The molecule has 0 bridgehead atoms. The first-order valence-corrected chi connectivity index (χ1v) is 4.69. The molecular formula is C7H8NO3S. The summed E-state index contributed by atoms with van der Waals surface area (Å²) >= 11 is 0. The fraction of sp³-hybridized carbons (Fsp3) is 0.143. The zero-order chi connectivity index (χ0) is 9.19. The lowest BCUT2D eigenvalue weighted by atomic mass is 10.2. The number of benzene rings is 1. The molecule has 1 aromatic carbocycles. The summed E-state index contributed by atoms with van der Waals surface area (Å²) in [7, 11) is -3.74. The van der Waals surface area contributed by atoms with Crippen molar-refractivity contribution in [2.75, 3.05) is 0 Å². The first-order valence-electron chi connectivity index (χ1n) is 3.20. The Kier molecular flexibility index (Phi) is 2.46. The highest BCUT2D eigenvalue weighted by atomic mass is 32.2. The fourth-order valence-corrected chi connectivity index (χ4v) is 1.46. The van der Waals surface area contributed by atoms with Crippen molar-refractivity contribution in [1.82, 2.24) is 4.89 Å². The number of hydrogen-bond donors (Lipinski definition) is 2. The molecule has 0 heterocycles. The lowest BCUT2D eigenvalue weighted by Crippen LogP contribution is -2.19. The van der Waals surface area contributed by atoms with Crippen molar-refractivity contribution in [3.05, 3.63) is 29.8 Å². The molecule has 12 heavy (non-hydrogen) atoms. The van der Waals surface area contributed by atoms with Crippen molar-refractivity contribution in [3.63, 3.8) is 0 Å². The summed E-state index contributed by atoms with van der Waals surface area (Å²) in [6.07, 6.45) is 0. The Bertz CT molecular complexity index is 372. The van der Waals surface area contributed by atoms with Crippen LogP contribution in [-0.2, 0) is 10.0 Å². The van der Waals surface area contributed by atoms with E-state index in [4.69, 9.17) is 5.21 Å². The van der Waals surface area contributed by atoms with Crippen LogP contribution in [0.25, 0.3) is 0 Å². The van der Waals surface area contributed by atoms with Gasteiger partial charge in [-0.3, -0.25) is 0 Å². The van der Waals surface area contributed by atoms with E-state index >= 15 is 0 Å². The van der Waals surface area contributed by atoms with Crippen molar-refractivity contribution in [2.24, 2.45) is 0 Å². The maximum atomic E-state index is 11.0. The van der Waals surface area contributed by atoms with E-state index in [9.17, 15) is 8.42 Å². The Balaban J connectivity index is 3.21. The van der Waals surface area contributed by atoms with Gasteiger partial charge in [-0.15, -0.1) is 0 Å². The SMILES string of the molecule is Cc1[c]ccc(S(=O)(=O)NO)c1. The lowest BCUT2D eigenvalue weighted by Gasteiger charge is -2.00. The minimum absolute atomic E-state index is 0.0289. The number of aryl methyl sites for hydroxylation is 1. The molecule has 0 atom stereocenters. The van der Waals surface area contributed by atoms with Gasteiger partial charge >= 0.3 is 0 Å². The molecule has 2 N–H and O–H groups in total. The first-order chi connectivity index (χ1) is 5.56. The molecule has 0 fully saturated rings. The Labute approximate surface area is 70.9 Å². The third-order valence-electron chi connectivity index (χ3n) is 1.35. The van der Waals surface area contributed by atoms with Crippen molar-refractivity contribution in [3.8, 4) is 0 Å². The van der Waals surface area contributed by atoms with Crippen LogP contribution in [0.1, 0.15) is 5.56 Å². The Hall–Kier alpha value is -0.910. The van der Waals surface area contributed by atoms with E-state index in [0.717, 1.165) is 0 Å². The van der Waals surface area contributed by atoms with Gasteiger partial charge in [0.1, 0.15) is 0 Å². The van der Waals surface area contributed by atoms with Crippen LogP contribution in [0, 0.1) is 13.0 Å². The summed E-state index contributed by atoms with van der Waals surface area (Å²) in [5.41, 5.74) is 0.700. The molecule has 0 aliphatic heterocycles. The number of sulfonamides is 1. The fourth-order valence-electron chi connectivity index (χ4n) is 0.778. The highest BCUT2D eigenvalue weighted by Gasteiger charge is 2.11. The number of hydrogen-bond acceptors (Lipinski definition) is 3. The van der Waals surface area contributed by atoms with E-state index in [1.807, 2.05) is 0 Å². The van der Waals surface area contributed by atoms with Crippen LogP contribution in [-0.4, -0.2) is 13.6 Å². The second-order valence-corrected chi connectivity index (χ2v) is 3.96. The maximum Gasteiger partial charge on any atom is 0.262 e. The van der Waals surface area contributed by atoms with E-state index in [-0.39, 0.29) is 4.90 Å². The van der Waals surface area contributed by atoms with Crippen molar-refractivity contribution in [2.45, 2.75) is 11.8 Å². The van der Waals surface area contributed by atoms with E-state index in [0.29, 0.717) is 5.56 Å². The van der Waals surface area contributed by atoms with Gasteiger partial charge < -0.3 is 5.21 Å². The number of nitrogens with one attached hydrogen (secondary N) is 1. The third kappa shape index (κ3) is 1.82. The van der Waals surface area contributed by atoms with E-state index in [1.54, 1.807) is 6.92 Å². The van der Waals surface area contributed by atoms with Gasteiger partial charge in [-0.1, -0.05) is 11.0 Å². The Morgan fingerprint density at radius 1 is 1.58 bits per heavy atom. The van der Waals surface area contributed by atoms with Crippen molar-refractivity contribution < 1.29 is 13.6 Å². The minimum atomic E-state index is -3.74. The first kappa shape index (κ1) is 9.18. The summed E-state index contributed by atoms with van der Waals surface area (Å²) in [6, 6.07) is 7.05. The second kappa shape index (κ2) is 3.22. The molecule has 0 aromatic heterocycles. The van der Waals surface area contributed by atoms with Gasteiger partial charge in [0.15, 0.2) is 0 Å². The molecule has 0 unspecified atom stereocenters. The molecule has 4 nitrogen and oxygen atoms in total. The molecule has 5 heteroatoms. The summed E-state index contributed by atoms with van der Waals surface area (Å²) in [6.45, 7) is 1.72. The average Bonchev–Trinajstić information content (AvgIpc) is 2.05. The third-order valence-corrected chi connectivity index (χ3v) is 2.46. The van der Waals surface area contributed by atoms with Gasteiger partial charge in [-0.05, 0) is 30.7 Å². The molecule has 0 saturated carbocycles. The molecule has 1 rings (SSSR count). The van der Waals surface area contributed by atoms with E-state index in [1.165, 1.54) is 23.1 Å². The molecular weight excluding hydrogens is 178 g/mol. The van der Waals surface area contributed by atoms with Gasteiger partial charge in [0.05, 0.1) is 4.90 Å². The van der Waals surface area contributed by atoms with Crippen LogP contribution >= 0.6 is 0 Å². The van der Waals surface area contributed by atoms with Crippen LogP contribution in [0.3, 0.4) is 0 Å². The van der Waals surface area contributed by atoms with Crippen LogP contribution in [0.15, 0.2) is 23.1 Å². The highest BCUT2D eigenvalue weighted by Crippen LogP contribution is 2.08. The van der Waals surface area contributed by atoms with Crippen molar-refractivity contribution >= 4 is 10.0 Å². The van der Waals surface area contributed by atoms with Crippen LogP contribution in [0.2, 0.25) is 0 Å².